The Morgan fingerprint density at radius 1 is 1.60 bits per heavy atom. The highest BCUT2D eigenvalue weighted by molar-refractivity contribution is 5.35. The molecule has 0 fully saturated rings. The minimum absolute atomic E-state index is 0.130. The Morgan fingerprint density at radius 3 is 3.20 bits per heavy atom. The largest absolute Gasteiger partial charge is 0.367 e. The third-order valence-corrected chi connectivity index (χ3v) is 2.63. The van der Waals surface area contributed by atoms with Crippen LogP contribution in [0, 0.1) is 6.92 Å². The Kier molecular flexibility index (Phi) is 1.53. The lowest BCUT2D eigenvalue weighted by atomic mass is 10.2. The van der Waals surface area contributed by atoms with Gasteiger partial charge >= 0.3 is 0 Å². The van der Waals surface area contributed by atoms with Gasteiger partial charge in [-0.1, -0.05) is 0 Å². The normalized spacial score (nSPS) is 19.7. The van der Waals surface area contributed by atoms with E-state index in [0.717, 1.165) is 5.69 Å². The van der Waals surface area contributed by atoms with Gasteiger partial charge in [0.15, 0.2) is 0 Å². The lowest BCUT2D eigenvalue weighted by molar-refractivity contribution is 0.0777. The number of H-pyrrole nitrogens is 1. The summed E-state index contributed by atoms with van der Waals surface area (Å²) in [5.74, 6) is 1.12. The molecule has 3 rings (SSSR count). The zero-order valence-corrected chi connectivity index (χ0v) is 8.44. The topological polar surface area (TPSA) is 72.3 Å². The van der Waals surface area contributed by atoms with Crippen LogP contribution in [0.25, 0.3) is 5.78 Å². The van der Waals surface area contributed by atoms with E-state index < -0.39 is 0 Å². The molecule has 6 heteroatoms. The zero-order chi connectivity index (χ0) is 10.6. The Morgan fingerprint density at radius 2 is 2.40 bits per heavy atom. The van der Waals surface area contributed by atoms with Crippen LogP contribution in [0.5, 0.6) is 0 Å². The Balaban J connectivity index is 2.47. The van der Waals surface area contributed by atoms with Crippen LogP contribution >= 0.6 is 0 Å². The maximum Gasteiger partial charge on any atom is 0.258 e. The number of nitrogens with zero attached hydrogens (tertiary/aromatic N) is 3. The molecule has 78 valence electrons. The Hall–Kier alpha value is -1.69. The highest BCUT2D eigenvalue weighted by atomic mass is 16.5. The molecular formula is C9H10N4O2. The van der Waals surface area contributed by atoms with Crippen molar-refractivity contribution in [1.29, 1.82) is 0 Å². The third-order valence-electron chi connectivity index (χ3n) is 2.63. The average Bonchev–Trinajstić information content (AvgIpc) is 2.69. The summed E-state index contributed by atoms with van der Waals surface area (Å²) in [6, 6.07) is 0. The van der Waals surface area contributed by atoms with Crippen molar-refractivity contribution in [1.82, 2.24) is 19.6 Å². The smallest absolute Gasteiger partial charge is 0.258 e. The first kappa shape index (κ1) is 8.60. The number of ether oxygens (including phenoxy) is 1. The molecule has 0 amide bonds. The van der Waals surface area contributed by atoms with Crippen molar-refractivity contribution in [3.8, 4) is 0 Å². The molecule has 3 heterocycles. The molecule has 1 aliphatic rings. The van der Waals surface area contributed by atoms with Gasteiger partial charge in [-0.3, -0.25) is 9.78 Å². The second kappa shape index (κ2) is 2.66. The van der Waals surface area contributed by atoms with Gasteiger partial charge in [-0.25, -0.2) is 0 Å². The van der Waals surface area contributed by atoms with Gasteiger partial charge in [-0.2, -0.15) is 9.50 Å². The van der Waals surface area contributed by atoms with Gasteiger partial charge in [-0.05, 0) is 13.8 Å². The van der Waals surface area contributed by atoms with Crippen molar-refractivity contribution in [3.63, 3.8) is 0 Å². The van der Waals surface area contributed by atoms with Crippen molar-refractivity contribution in [2.75, 3.05) is 0 Å². The molecule has 6 nitrogen and oxygen atoms in total. The molecule has 0 spiro atoms. The number of aryl methyl sites for hydroxylation is 1. The van der Waals surface area contributed by atoms with Crippen LogP contribution in [0.4, 0.5) is 0 Å². The summed E-state index contributed by atoms with van der Waals surface area (Å²) in [4.78, 5) is 18.5. The number of hydrogen-bond acceptors (Lipinski definition) is 4. The number of aromatic nitrogens is 4. The van der Waals surface area contributed by atoms with Crippen molar-refractivity contribution in [2.45, 2.75) is 26.6 Å². The molecule has 1 N–H and O–H groups in total. The number of nitrogens with one attached hydrogen (secondary N) is 1. The lowest BCUT2D eigenvalue weighted by Crippen LogP contribution is -2.17. The molecule has 0 aromatic carbocycles. The van der Waals surface area contributed by atoms with Gasteiger partial charge in [0.25, 0.3) is 5.56 Å². The van der Waals surface area contributed by atoms with Crippen LogP contribution in [-0.2, 0) is 11.3 Å². The molecule has 15 heavy (non-hydrogen) atoms. The first-order valence-electron chi connectivity index (χ1n) is 4.77. The van der Waals surface area contributed by atoms with Gasteiger partial charge in [0.2, 0.25) is 5.78 Å². The second-order valence-corrected chi connectivity index (χ2v) is 3.66. The van der Waals surface area contributed by atoms with Crippen molar-refractivity contribution in [2.24, 2.45) is 0 Å². The third kappa shape index (κ3) is 1.05. The van der Waals surface area contributed by atoms with Gasteiger partial charge in [0.1, 0.15) is 5.82 Å². The van der Waals surface area contributed by atoms with E-state index >= 15 is 0 Å². The van der Waals surface area contributed by atoms with E-state index in [-0.39, 0.29) is 11.7 Å². The monoisotopic (exact) mass is 206 g/mol. The number of hydrogen-bond donors (Lipinski definition) is 1. The summed E-state index contributed by atoms with van der Waals surface area (Å²) < 4.78 is 7.06. The van der Waals surface area contributed by atoms with E-state index in [0.29, 0.717) is 23.8 Å². The van der Waals surface area contributed by atoms with Crippen molar-refractivity contribution >= 4 is 5.78 Å². The molecule has 1 unspecified atom stereocenters. The van der Waals surface area contributed by atoms with Crippen LogP contribution in [0.15, 0.2) is 4.79 Å². The van der Waals surface area contributed by atoms with Crippen LogP contribution in [0.2, 0.25) is 0 Å². The van der Waals surface area contributed by atoms with Gasteiger partial charge < -0.3 is 4.74 Å². The van der Waals surface area contributed by atoms with Crippen molar-refractivity contribution < 1.29 is 4.74 Å². The molecule has 2 aromatic heterocycles. The summed E-state index contributed by atoms with van der Waals surface area (Å²) >= 11 is 0. The molecule has 0 radical (unpaired) electrons. The molecule has 0 saturated heterocycles. The van der Waals surface area contributed by atoms with E-state index in [1.165, 1.54) is 0 Å². The molecule has 0 bridgehead atoms. The minimum Gasteiger partial charge on any atom is -0.367 e. The maximum atomic E-state index is 11.7. The SMILES string of the molecule is Cc1nc2[nH]c(=O)c3c(n2n1)COC3C. The van der Waals surface area contributed by atoms with Crippen LogP contribution < -0.4 is 5.56 Å². The van der Waals surface area contributed by atoms with Crippen LogP contribution in [0.3, 0.4) is 0 Å². The first-order chi connectivity index (χ1) is 7.16. The van der Waals surface area contributed by atoms with Crippen LogP contribution in [0.1, 0.15) is 30.1 Å². The van der Waals surface area contributed by atoms with E-state index in [9.17, 15) is 4.79 Å². The molecule has 1 aliphatic heterocycles. The first-order valence-corrected chi connectivity index (χ1v) is 4.77. The fourth-order valence-electron chi connectivity index (χ4n) is 1.94. The predicted molar refractivity (Wildman–Crippen MR) is 51.5 cm³/mol. The van der Waals surface area contributed by atoms with E-state index in [4.69, 9.17) is 4.74 Å². The summed E-state index contributed by atoms with van der Waals surface area (Å²) in [7, 11) is 0. The van der Waals surface area contributed by atoms with Gasteiger partial charge in [-0.15, -0.1) is 5.10 Å². The molecule has 2 aromatic rings. The summed E-state index contributed by atoms with van der Waals surface area (Å²) in [6.45, 7) is 4.06. The van der Waals surface area contributed by atoms with Crippen molar-refractivity contribution in [3.05, 3.63) is 27.4 Å². The zero-order valence-electron chi connectivity index (χ0n) is 8.44. The number of fused-ring (bicyclic) bond motifs is 3. The summed E-state index contributed by atoms with van der Waals surface area (Å²) in [5.41, 5.74) is 1.34. The van der Waals surface area contributed by atoms with Gasteiger partial charge in [0.05, 0.1) is 24.0 Å². The summed E-state index contributed by atoms with van der Waals surface area (Å²) in [6.07, 6.45) is -0.169. The van der Waals surface area contributed by atoms with E-state index in [2.05, 4.69) is 15.1 Å². The number of rotatable bonds is 0. The quantitative estimate of drug-likeness (QED) is 0.673. The highest BCUT2D eigenvalue weighted by Crippen LogP contribution is 2.26. The van der Waals surface area contributed by atoms with Gasteiger partial charge in [0, 0.05) is 0 Å². The van der Waals surface area contributed by atoms with E-state index in [1.807, 2.05) is 6.92 Å². The molecule has 0 aliphatic carbocycles. The standard InChI is InChI=1S/C9H10N4O2/c1-4-7-6(3-15-4)13-9(11-8(7)14)10-5(2)12-13/h4H,3H2,1-2H3,(H,10,11,12,14). The Labute approximate surface area is 84.9 Å². The lowest BCUT2D eigenvalue weighted by Gasteiger charge is -2.01. The second-order valence-electron chi connectivity index (χ2n) is 3.66. The fraction of sp³-hybridized carbons (Fsp3) is 0.444. The number of aromatic amines is 1. The molecule has 1 atom stereocenters. The summed E-state index contributed by atoms with van der Waals surface area (Å²) in [5, 5.41) is 4.22. The highest BCUT2D eigenvalue weighted by Gasteiger charge is 2.26. The maximum absolute atomic E-state index is 11.7. The molecule has 0 saturated carbocycles. The average molecular weight is 206 g/mol. The minimum atomic E-state index is -0.169. The molecular weight excluding hydrogens is 196 g/mol. The van der Waals surface area contributed by atoms with Crippen LogP contribution in [-0.4, -0.2) is 19.6 Å². The fourth-order valence-corrected chi connectivity index (χ4v) is 1.94. The van der Waals surface area contributed by atoms with E-state index in [1.54, 1.807) is 11.4 Å². The Bertz CT molecular complexity index is 598. The predicted octanol–water partition coefficient (Wildman–Crippen LogP) is 0.317.